The molecule has 0 aliphatic rings. The Balaban J connectivity index is 1.41. The van der Waals surface area contributed by atoms with Gasteiger partial charge in [-0.05, 0) is 54.0 Å². The molecule has 8 heteroatoms. The number of anilines is 2. The number of thiocarbonyl (C=S) groups is 1. The molecule has 0 spiro atoms. The summed E-state index contributed by atoms with van der Waals surface area (Å²) in [6, 6.07) is 19.6. The number of amides is 2. The first-order valence-electron chi connectivity index (χ1n) is 8.64. The van der Waals surface area contributed by atoms with E-state index < -0.39 is 0 Å². The molecule has 2 heterocycles. The molecule has 0 atom stereocenters. The van der Waals surface area contributed by atoms with Crippen LogP contribution in [0.25, 0.3) is 11.0 Å². The van der Waals surface area contributed by atoms with Gasteiger partial charge < -0.3 is 15.1 Å². The molecule has 0 saturated carbocycles. The first-order valence-corrected chi connectivity index (χ1v) is 9.93. The Labute approximate surface area is 175 Å². The average molecular weight is 422 g/mol. The van der Waals surface area contributed by atoms with Gasteiger partial charge in [0.2, 0.25) is 0 Å². The SMILES string of the molecule is O=C(Nc1cccc(NC(=S)NC(=O)c2cccs2)c1)c1cc2ccccc2o1. The van der Waals surface area contributed by atoms with Crippen molar-refractivity contribution in [1.29, 1.82) is 0 Å². The van der Waals surface area contributed by atoms with E-state index in [9.17, 15) is 9.59 Å². The van der Waals surface area contributed by atoms with Crippen LogP contribution >= 0.6 is 23.6 Å². The molecule has 0 aliphatic heterocycles. The third-order valence-electron chi connectivity index (χ3n) is 4.00. The highest BCUT2D eigenvalue weighted by atomic mass is 32.1. The molecule has 29 heavy (non-hydrogen) atoms. The van der Waals surface area contributed by atoms with E-state index in [-0.39, 0.29) is 22.7 Å². The van der Waals surface area contributed by atoms with Crippen LogP contribution in [0.15, 0.2) is 76.5 Å². The number of benzene rings is 2. The summed E-state index contributed by atoms with van der Waals surface area (Å²) in [4.78, 5) is 25.1. The van der Waals surface area contributed by atoms with Gasteiger partial charge in [0.05, 0.1) is 4.88 Å². The first-order chi connectivity index (χ1) is 14.1. The minimum atomic E-state index is -0.355. The van der Waals surface area contributed by atoms with Crippen LogP contribution in [-0.2, 0) is 0 Å². The molecule has 3 N–H and O–H groups in total. The third kappa shape index (κ3) is 4.50. The van der Waals surface area contributed by atoms with Gasteiger partial charge in [-0.2, -0.15) is 0 Å². The summed E-state index contributed by atoms with van der Waals surface area (Å²) in [7, 11) is 0. The molecule has 2 aromatic heterocycles. The molecule has 2 amide bonds. The molecule has 144 valence electrons. The highest BCUT2D eigenvalue weighted by molar-refractivity contribution is 7.80. The van der Waals surface area contributed by atoms with Crippen LogP contribution in [0, 0.1) is 0 Å². The molecule has 2 aromatic carbocycles. The molecule has 0 radical (unpaired) electrons. The van der Waals surface area contributed by atoms with Crippen LogP contribution in [-0.4, -0.2) is 16.9 Å². The summed E-state index contributed by atoms with van der Waals surface area (Å²) in [5.41, 5.74) is 1.84. The van der Waals surface area contributed by atoms with Crippen LogP contribution in [0.1, 0.15) is 20.2 Å². The second-order valence-electron chi connectivity index (χ2n) is 6.07. The minimum Gasteiger partial charge on any atom is -0.451 e. The maximum absolute atomic E-state index is 12.5. The van der Waals surface area contributed by atoms with Crippen molar-refractivity contribution in [1.82, 2.24) is 5.32 Å². The first kappa shape index (κ1) is 18.9. The van der Waals surface area contributed by atoms with E-state index >= 15 is 0 Å². The summed E-state index contributed by atoms with van der Waals surface area (Å²) < 4.78 is 5.58. The van der Waals surface area contributed by atoms with Crippen LogP contribution in [0.4, 0.5) is 11.4 Å². The van der Waals surface area contributed by atoms with Crippen molar-refractivity contribution in [2.45, 2.75) is 0 Å². The van der Waals surface area contributed by atoms with E-state index in [0.29, 0.717) is 21.8 Å². The average Bonchev–Trinajstić information content (AvgIpc) is 3.38. The number of para-hydroxylation sites is 1. The van der Waals surface area contributed by atoms with Crippen molar-refractivity contribution in [3.05, 3.63) is 82.7 Å². The van der Waals surface area contributed by atoms with E-state index in [2.05, 4.69) is 16.0 Å². The molecule has 0 fully saturated rings. The van der Waals surface area contributed by atoms with Gasteiger partial charge in [-0.1, -0.05) is 30.3 Å². The molecule has 0 bridgehead atoms. The highest BCUT2D eigenvalue weighted by Crippen LogP contribution is 2.21. The second-order valence-corrected chi connectivity index (χ2v) is 7.42. The maximum Gasteiger partial charge on any atom is 0.291 e. The van der Waals surface area contributed by atoms with Crippen molar-refractivity contribution in [3.63, 3.8) is 0 Å². The van der Waals surface area contributed by atoms with Gasteiger partial charge in [0.1, 0.15) is 5.58 Å². The molecule has 0 saturated heterocycles. The lowest BCUT2D eigenvalue weighted by atomic mass is 10.2. The summed E-state index contributed by atoms with van der Waals surface area (Å²) in [6.07, 6.45) is 0. The van der Waals surface area contributed by atoms with E-state index in [0.717, 1.165) is 5.39 Å². The van der Waals surface area contributed by atoms with Crippen molar-refractivity contribution < 1.29 is 14.0 Å². The normalized spacial score (nSPS) is 10.5. The standard InChI is InChI=1S/C21H15N3O3S2/c25-19(17-11-13-5-1-2-8-16(13)27-17)22-14-6-3-7-15(12-14)23-21(28)24-20(26)18-9-4-10-29-18/h1-12H,(H,22,25)(H2,23,24,26,28). The van der Waals surface area contributed by atoms with Gasteiger partial charge in [-0.3, -0.25) is 14.9 Å². The van der Waals surface area contributed by atoms with Crippen molar-refractivity contribution in [2.24, 2.45) is 0 Å². The topological polar surface area (TPSA) is 83.4 Å². The summed E-state index contributed by atoms with van der Waals surface area (Å²) >= 11 is 6.52. The number of nitrogens with one attached hydrogen (secondary N) is 3. The second kappa shape index (κ2) is 8.26. The molecular weight excluding hydrogens is 406 g/mol. The number of rotatable bonds is 4. The van der Waals surface area contributed by atoms with Crippen molar-refractivity contribution >= 4 is 62.8 Å². The predicted molar refractivity (Wildman–Crippen MR) is 119 cm³/mol. The lowest BCUT2D eigenvalue weighted by Gasteiger charge is -2.10. The van der Waals surface area contributed by atoms with Crippen molar-refractivity contribution in [2.75, 3.05) is 10.6 Å². The van der Waals surface area contributed by atoms with Crippen molar-refractivity contribution in [3.8, 4) is 0 Å². The monoisotopic (exact) mass is 421 g/mol. The number of carbonyl (C=O) groups excluding carboxylic acids is 2. The number of hydrogen-bond acceptors (Lipinski definition) is 5. The zero-order valence-electron chi connectivity index (χ0n) is 15.0. The molecule has 0 aliphatic carbocycles. The Morgan fingerprint density at radius 1 is 0.862 bits per heavy atom. The molecule has 4 aromatic rings. The Morgan fingerprint density at radius 3 is 2.41 bits per heavy atom. The summed E-state index contributed by atoms with van der Waals surface area (Å²) in [5, 5.41) is 11.2. The van der Waals surface area contributed by atoms with Gasteiger partial charge in [0, 0.05) is 16.8 Å². The van der Waals surface area contributed by atoms with Gasteiger partial charge in [0.25, 0.3) is 11.8 Å². The van der Waals surface area contributed by atoms with Gasteiger partial charge in [-0.15, -0.1) is 11.3 Å². The Morgan fingerprint density at radius 2 is 1.66 bits per heavy atom. The molecule has 6 nitrogen and oxygen atoms in total. The van der Waals surface area contributed by atoms with Gasteiger partial charge in [0.15, 0.2) is 10.9 Å². The number of fused-ring (bicyclic) bond motifs is 1. The fourth-order valence-corrected chi connectivity index (χ4v) is 3.53. The predicted octanol–water partition coefficient (Wildman–Crippen LogP) is 4.87. The quantitative estimate of drug-likeness (QED) is 0.409. The minimum absolute atomic E-state index is 0.171. The largest absolute Gasteiger partial charge is 0.451 e. The fourth-order valence-electron chi connectivity index (χ4n) is 2.70. The Bertz CT molecular complexity index is 1170. The van der Waals surface area contributed by atoms with Crippen LogP contribution in [0.2, 0.25) is 0 Å². The fraction of sp³-hybridized carbons (Fsp3) is 0. The van der Waals surface area contributed by atoms with Gasteiger partial charge >= 0.3 is 0 Å². The highest BCUT2D eigenvalue weighted by Gasteiger charge is 2.13. The molecule has 4 rings (SSSR count). The van der Waals surface area contributed by atoms with Gasteiger partial charge in [-0.25, -0.2) is 0 Å². The lowest BCUT2D eigenvalue weighted by molar-refractivity contribution is 0.0978. The van der Waals surface area contributed by atoms with Crippen LogP contribution in [0.5, 0.6) is 0 Å². The zero-order chi connectivity index (χ0) is 20.2. The van der Waals surface area contributed by atoms with E-state index in [4.69, 9.17) is 16.6 Å². The molecule has 0 unspecified atom stereocenters. The lowest BCUT2D eigenvalue weighted by Crippen LogP contribution is -2.33. The van der Waals surface area contributed by atoms with E-state index in [1.807, 2.05) is 29.6 Å². The number of furan rings is 1. The van der Waals surface area contributed by atoms with Crippen LogP contribution in [0.3, 0.4) is 0 Å². The maximum atomic E-state index is 12.5. The summed E-state index contributed by atoms with van der Waals surface area (Å²) in [6.45, 7) is 0. The molecular formula is C21H15N3O3S2. The Kier molecular flexibility index (Phi) is 5.37. The number of carbonyl (C=O) groups is 2. The van der Waals surface area contributed by atoms with E-state index in [1.165, 1.54) is 11.3 Å². The Hall–Kier alpha value is -3.49. The number of thiophene rings is 1. The van der Waals surface area contributed by atoms with Crippen LogP contribution < -0.4 is 16.0 Å². The number of hydrogen-bond donors (Lipinski definition) is 3. The smallest absolute Gasteiger partial charge is 0.291 e. The zero-order valence-corrected chi connectivity index (χ0v) is 16.6. The van der Waals surface area contributed by atoms with E-state index in [1.54, 1.807) is 42.5 Å². The third-order valence-corrected chi connectivity index (χ3v) is 5.07. The summed E-state index contributed by atoms with van der Waals surface area (Å²) in [5.74, 6) is -0.401.